The summed E-state index contributed by atoms with van der Waals surface area (Å²) in [5.41, 5.74) is 0.649. The predicted octanol–water partition coefficient (Wildman–Crippen LogP) is 3.71. The van der Waals surface area contributed by atoms with Gasteiger partial charge in [0.1, 0.15) is 0 Å². The molecule has 0 radical (unpaired) electrons. The largest absolute Gasteiger partial charge is 0.381 e. The van der Waals surface area contributed by atoms with Crippen molar-refractivity contribution < 1.29 is 13.2 Å². The highest BCUT2D eigenvalue weighted by atomic mass is 32.2. The monoisotopic (exact) mass is 503 g/mol. The molecule has 2 aliphatic heterocycles. The molecule has 5 fully saturated rings. The van der Waals surface area contributed by atoms with Gasteiger partial charge < -0.3 is 20.3 Å². The molecule has 2 N–H and O–H groups in total. The van der Waals surface area contributed by atoms with E-state index in [0.29, 0.717) is 23.6 Å². The maximum absolute atomic E-state index is 13.4. The first-order valence-corrected chi connectivity index (χ1v) is 15.5. The molecule has 3 saturated carbocycles. The van der Waals surface area contributed by atoms with Crippen molar-refractivity contribution in [2.75, 3.05) is 43.5 Å². The number of hydrogen-bond acceptors (Lipinski definition) is 8. The molecule has 0 amide bonds. The summed E-state index contributed by atoms with van der Waals surface area (Å²) < 4.78 is 32.3. The van der Waals surface area contributed by atoms with Gasteiger partial charge in [-0.1, -0.05) is 19.3 Å². The number of fused-ring (bicyclic) bond motifs is 1. The standard InChI is InChI=1S/C26H41N5O3S/c32-35(33,23-4-2-1-3-5-23)26-24(27-21-6-7-21)14-25(29-30-26)28-22-12-19-16-31(17-20(19)13-22)15-18-8-10-34-11-9-18/h14,18-23H,1-13,15-17H2,(H2,27,28,29)/t19-,20+,22?. The number of anilines is 2. The molecule has 194 valence electrons. The number of nitrogens with one attached hydrogen (secondary N) is 2. The van der Waals surface area contributed by atoms with E-state index in [-0.39, 0.29) is 10.3 Å². The van der Waals surface area contributed by atoms with Crippen LogP contribution in [0.15, 0.2) is 11.1 Å². The average molecular weight is 504 g/mol. The Bertz CT molecular complexity index is 975. The molecule has 35 heavy (non-hydrogen) atoms. The van der Waals surface area contributed by atoms with Crippen molar-refractivity contribution in [2.24, 2.45) is 17.8 Å². The number of sulfone groups is 1. The Kier molecular flexibility index (Phi) is 6.92. The van der Waals surface area contributed by atoms with Crippen molar-refractivity contribution in [2.45, 2.75) is 93.0 Å². The SMILES string of the molecule is O=S(=O)(c1nnc(NC2C[C@@H]3CN(CC4CCOCC4)C[C@@H]3C2)cc1NC1CC1)C1CCCCC1. The van der Waals surface area contributed by atoms with E-state index in [0.717, 1.165) is 88.8 Å². The smallest absolute Gasteiger partial charge is 0.202 e. The fraction of sp³-hybridized carbons (Fsp3) is 0.846. The van der Waals surface area contributed by atoms with Crippen LogP contribution in [0.2, 0.25) is 0 Å². The minimum Gasteiger partial charge on any atom is -0.381 e. The van der Waals surface area contributed by atoms with Crippen LogP contribution in [0.3, 0.4) is 0 Å². The molecular formula is C26H41N5O3S. The number of hydrogen-bond donors (Lipinski definition) is 2. The molecule has 0 spiro atoms. The fourth-order valence-electron chi connectivity index (χ4n) is 6.91. The molecule has 5 aliphatic rings. The van der Waals surface area contributed by atoms with Crippen molar-refractivity contribution in [1.29, 1.82) is 0 Å². The van der Waals surface area contributed by atoms with E-state index in [4.69, 9.17) is 4.74 Å². The van der Waals surface area contributed by atoms with Crippen LogP contribution in [0.4, 0.5) is 11.5 Å². The van der Waals surface area contributed by atoms with Crippen LogP contribution in [-0.2, 0) is 14.6 Å². The Labute approximate surface area is 209 Å². The molecule has 0 bridgehead atoms. The van der Waals surface area contributed by atoms with Crippen LogP contribution < -0.4 is 10.6 Å². The lowest BCUT2D eigenvalue weighted by molar-refractivity contribution is 0.0545. The van der Waals surface area contributed by atoms with E-state index in [1.165, 1.54) is 32.5 Å². The van der Waals surface area contributed by atoms with Gasteiger partial charge in [0.2, 0.25) is 14.9 Å². The van der Waals surface area contributed by atoms with E-state index < -0.39 is 9.84 Å². The highest BCUT2D eigenvalue weighted by Crippen LogP contribution is 2.40. The molecule has 0 aromatic carbocycles. The molecule has 1 aromatic rings. The molecule has 1 unspecified atom stereocenters. The third-order valence-electron chi connectivity index (χ3n) is 8.99. The van der Waals surface area contributed by atoms with Crippen LogP contribution in [0.1, 0.15) is 70.6 Å². The zero-order chi connectivity index (χ0) is 23.8. The lowest BCUT2D eigenvalue weighted by Gasteiger charge is -2.27. The zero-order valence-corrected chi connectivity index (χ0v) is 21.6. The van der Waals surface area contributed by atoms with Gasteiger partial charge in [0.05, 0.1) is 10.9 Å². The second-order valence-electron chi connectivity index (χ2n) is 11.8. The Morgan fingerprint density at radius 1 is 0.886 bits per heavy atom. The number of rotatable bonds is 8. The molecule has 3 aliphatic carbocycles. The summed E-state index contributed by atoms with van der Waals surface area (Å²) >= 11 is 0. The summed E-state index contributed by atoms with van der Waals surface area (Å²) in [7, 11) is -3.46. The van der Waals surface area contributed by atoms with Gasteiger partial charge in [-0.05, 0) is 69.1 Å². The van der Waals surface area contributed by atoms with Crippen LogP contribution in [0.5, 0.6) is 0 Å². The summed E-state index contributed by atoms with van der Waals surface area (Å²) in [6.07, 6.45) is 11.5. The first kappa shape index (κ1) is 23.9. The minimum absolute atomic E-state index is 0.161. The van der Waals surface area contributed by atoms with E-state index in [2.05, 4.69) is 25.7 Å². The Morgan fingerprint density at radius 2 is 1.60 bits per heavy atom. The predicted molar refractivity (Wildman–Crippen MR) is 136 cm³/mol. The van der Waals surface area contributed by atoms with Gasteiger partial charge in [-0.25, -0.2) is 8.42 Å². The van der Waals surface area contributed by atoms with Gasteiger partial charge in [-0.15, -0.1) is 10.2 Å². The van der Waals surface area contributed by atoms with Gasteiger partial charge in [0.15, 0.2) is 5.82 Å². The number of aromatic nitrogens is 2. The summed E-state index contributed by atoms with van der Waals surface area (Å²) in [5.74, 6) is 3.00. The highest BCUT2D eigenvalue weighted by Gasteiger charge is 2.41. The van der Waals surface area contributed by atoms with Crippen LogP contribution in [0, 0.1) is 17.8 Å². The van der Waals surface area contributed by atoms with Gasteiger partial charge in [0.25, 0.3) is 0 Å². The van der Waals surface area contributed by atoms with Gasteiger partial charge >= 0.3 is 0 Å². The van der Waals surface area contributed by atoms with Crippen molar-refractivity contribution in [3.63, 3.8) is 0 Å². The second kappa shape index (κ2) is 10.1. The molecular weight excluding hydrogens is 462 g/mol. The maximum atomic E-state index is 13.4. The molecule has 3 heterocycles. The molecule has 2 saturated heterocycles. The lowest BCUT2D eigenvalue weighted by atomic mass is 10.00. The summed E-state index contributed by atoms with van der Waals surface area (Å²) in [5, 5.41) is 15.6. The first-order valence-electron chi connectivity index (χ1n) is 14.0. The summed E-state index contributed by atoms with van der Waals surface area (Å²) in [6, 6.07) is 2.66. The number of ether oxygens (including phenoxy) is 1. The van der Waals surface area contributed by atoms with Gasteiger partial charge in [-0.2, -0.15) is 0 Å². The maximum Gasteiger partial charge on any atom is 0.202 e. The van der Waals surface area contributed by atoms with Gasteiger partial charge in [0, 0.05) is 51.0 Å². The number of nitrogens with zero attached hydrogens (tertiary/aromatic N) is 3. The van der Waals surface area contributed by atoms with Crippen LogP contribution in [0.25, 0.3) is 0 Å². The molecule has 3 atom stereocenters. The highest BCUT2D eigenvalue weighted by molar-refractivity contribution is 7.92. The van der Waals surface area contributed by atoms with E-state index in [9.17, 15) is 8.42 Å². The van der Waals surface area contributed by atoms with Gasteiger partial charge in [-0.3, -0.25) is 0 Å². The fourth-order valence-corrected chi connectivity index (χ4v) is 8.76. The molecule has 8 nitrogen and oxygen atoms in total. The Morgan fingerprint density at radius 3 is 2.29 bits per heavy atom. The quantitative estimate of drug-likeness (QED) is 0.554. The molecule has 9 heteroatoms. The van der Waals surface area contributed by atoms with Crippen LogP contribution in [-0.4, -0.2) is 73.7 Å². The van der Waals surface area contributed by atoms with Crippen LogP contribution >= 0.6 is 0 Å². The van der Waals surface area contributed by atoms with Crippen molar-refractivity contribution in [3.8, 4) is 0 Å². The van der Waals surface area contributed by atoms with Crippen molar-refractivity contribution >= 4 is 21.3 Å². The molecule has 1 aromatic heterocycles. The van der Waals surface area contributed by atoms with E-state index >= 15 is 0 Å². The van der Waals surface area contributed by atoms with E-state index in [1.54, 1.807) is 0 Å². The Balaban J connectivity index is 1.09. The average Bonchev–Trinajstić information content (AvgIpc) is 3.49. The third-order valence-corrected chi connectivity index (χ3v) is 11.2. The molecule has 6 rings (SSSR count). The van der Waals surface area contributed by atoms with E-state index in [1.807, 2.05) is 6.07 Å². The second-order valence-corrected chi connectivity index (χ2v) is 13.9. The van der Waals surface area contributed by atoms with Crippen molar-refractivity contribution in [3.05, 3.63) is 6.07 Å². The topological polar surface area (TPSA) is 96.5 Å². The zero-order valence-electron chi connectivity index (χ0n) is 20.8. The minimum atomic E-state index is -3.46. The Hall–Kier alpha value is -1.45. The first-order chi connectivity index (χ1) is 17.0. The normalized spacial score (nSPS) is 30.9. The third kappa shape index (κ3) is 5.47. The summed E-state index contributed by atoms with van der Waals surface area (Å²) in [6.45, 7) is 5.50. The summed E-state index contributed by atoms with van der Waals surface area (Å²) in [4.78, 5) is 2.68. The number of likely N-dealkylation sites (tertiary alicyclic amines) is 1. The lowest BCUT2D eigenvalue weighted by Crippen LogP contribution is -2.32. The van der Waals surface area contributed by atoms with Crippen molar-refractivity contribution in [1.82, 2.24) is 15.1 Å².